The van der Waals surface area contributed by atoms with E-state index in [1.54, 1.807) is 57.2 Å². The Balaban J connectivity index is 1.49. The van der Waals surface area contributed by atoms with Crippen molar-refractivity contribution in [3.05, 3.63) is 59.9 Å². The van der Waals surface area contributed by atoms with Gasteiger partial charge in [-0.05, 0) is 55.9 Å². The normalized spacial score (nSPS) is 50.6. The zero-order chi connectivity index (χ0) is 31.2. The zero-order valence-electron chi connectivity index (χ0n) is 24.9. The van der Waals surface area contributed by atoms with E-state index in [4.69, 9.17) is 9.47 Å². The summed E-state index contributed by atoms with van der Waals surface area (Å²) < 4.78 is 12.6. The molecule has 3 heterocycles. The van der Waals surface area contributed by atoms with Gasteiger partial charge in [0.05, 0.1) is 11.5 Å². The van der Waals surface area contributed by atoms with Gasteiger partial charge in [-0.2, -0.15) is 0 Å². The summed E-state index contributed by atoms with van der Waals surface area (Å²) in [6.45, 7) is 8.10. The molecule has 4 saturated carbocycles. The molecule has 0 radical (unpaired) electrons. The van der Waals surface area contributed by atoms with Gasteiger partial charge in [0.2, 0.25) is 0 Å². The van der Waals surface area contributed by atoms with E-state index in [2.05, 4.69) is 10.3 Å². The van der Waals surface area contributed by atoms with Crippen LogP contribution in [-0.2, 0) is 9.47 Å². The first-order valence-corrected chi connectivity index (χ1v) is 15.0. The Morgan fingerprint density at radius 2 is 1.72 bits per heavy atom. The van der Waals surface area contributed by atoms with E-state index in [1.165, 1.54) is 19.2 Å². The Morgan fingerprint density at radius 1 is 1.05 bits per heavy atom. The number of nitrogens with one attached hydrogen (secondary N) is 2. The van der Waals surface area contributed by atoms with Gasteiger partial charge in [-0.15, -0.1) is 0 Å². The van der Waals surface area contributed by atoms with Crippen molar-refractivity contribution >= 4 is 11.9 Å². The largest absolute Gasteiger partial charge is 0.451 e. The molecule has 1 amide bonds. The van der Waals surface area contributed by atoms with Crippen LogP contribution in [0.2, 0.25) is 0 Å². The summed E-state index contributed by atoms with van der Waals surface area (Å²) in [7, 11) is 0. The summed E-state index contributed by atoms with van der Waals surface area (Å²) in [4.78, 5) is 29.9. The van der Waals surface area contributed by atoms with Gasteiger partial charge < -0.3 is 45.3 Å². The van der Waals surface area contributed by atoms with E-state index in [0.29, 0.717) is 12.0 Å². The molecule has 2 saturated heterocycles. The maximum Gasteiger partial charge on any atom is 0.355 e. The van der Waals surface area contributed by atoms with Crippen LogP contribution in [0.3, 0.4) is 0 Å². The molecule has 232 valence electrons. The van der Waals surface area contributed by atoms with E-state index >= 15 is 0 Å². The molecule has 2 aromatic rings. The minimum atomic E-state index is -2.62. The number of H-pyrrole nitrogens is 1. The minimum Gasteiger partial charge on any atom is -0.451 e. The van der Waals surface area contributed by atoms with E-state index in [0.717, 1.165) is 0 Å². The van der Waals surface area contributed by atoms with Crippen molar-refractivity contribution in [1.29, 1.82) is 0 Å². The second-order valence-corrected chi connectivity index (χ2v) is 14.3. The number of carbonyl (C=O) groups is 2. The topological polar surface area (TPSA) is 182 Å². The number of aromatic nitrogens is 1. The maximum atomic E-state index is 13.6. The second-order valence-electron chi connectivity index (χ2n) is 14.3. The molecular formula is C32H40N2O9. The van der Waals surface area contributed by atoms with Crippen LogP contribution in [-0.4, -0.2) is 88.3 Å². The van der Waals surface area contributed by atoms with Crippen molar-refractivity contribution in [2.24, 2.45) is 22.7 Å². The van der Waals surface area contributed by atoms with Crippen molar-refractivity contribution in [2.45, 2.75) is 99.8 Å². The number of aromatic amines is 1. The van der Waals surface area contributed by atoms with Gasteiger partial charge in [0, 0.05) is 23.6 Å². The smallest absolute Gasteiger partial charge is 0.355 e. The first-order chi connectivity index (χ1) is 20.0. The molecule has 6 bridgehead atoms. The predicted octanol–water partition coefficient (Wildman–Crippen LogP) is 1.25. The van der Waals surface area contributed by atoms with Gasteiger partial charge in [-0.3, -0.25) is 4.79 Å². The summed E-state index contributed by atoms with van der Waals surface area (Å²) in [5, 5.41) is 67.8. The molecule has 2 aliphatic heterocycles. The highest BCUT2D eigenvalue weighted by Gasteiger charge is 3.10. The molecule has 11 nitrogen and oxygen atoms in total. The fourth-order valence-corrected chi connectivity index (χ4v) is 10.7. The van der Waals surface area contributed by atoms with Crippen LogP contribution in [0, 0.1) is 22.7 Å². The molecule has 4 aliphatic carbocycles. The molecular weight excluding hydrogens is 556 g/mol. The standard InChI is InChI=1S/C32H40N2O9/c1-17(2)29(39)24(42-23(36)20-12-9-15-33-20)30(40)25(4)16-28(38)26(29,5)32(30,41)31(43-28)21(18(3)13-14-27(25,31)37)34-22(35)19-10-7-6-8-11-19/h6-12,15,17-18,21,24,33,37-41H,13-14,16H2,1-5H3,(H,34,35). The first-order valence-electron chi connectivity index (χ1n) is 15.0. The Morgan fingerprint density at radius 3 is 2.33 bits per heavy atom. The summed E-state index contributed by atoms with van der Waals surface area (Å²) in [6.07, 6.45) is -0.208. The number of amides is 1. The first kappa shape index (κ1) is 28.9. The van der Waals surface area contributed by atoms with Crippen molar-refractivity contribution in [3.63, 3.8) is 0 Å². The van der Waals surface area contributed by atoms with Gasteiger partial charge >= 0.3 is 5.97 Å². The van der Waals surface area contributed by atoms with E-state index < -0.39 is 80.5 Å². The minimum absolute atomic E-state index is 0.0521. The van der Waals surface area contributed by atoms with Gasteiger partial charge in [-0.1, -0.05) is 45.9 Å². The van der Waals surface area contributed by atoms with Crippen LogP contribution in [0.4, 0.5) is 0 Å². The Hall–Kier alpha value is -2.80. The second kappa shape index (κ2) is 8.07. The highest BCUT2D eigenvalue weighted by molar-refractivity contribution is 5.94. The third-order valence-corrected chi connectivity index (χ3v) is 12.7. The Kier molecular flexibility index (Phi) is 5.43. The van der Waals surface area contributed by atoms with Crippen LogP contribution in [0.1, 0.15) is 74.7 Å². The third-order valence-electron chi connectivity index (χ3n) is 12.7. The van der Waals surface area contributed by atoms with Crippen molar-refractivity contribution in [2.75, 3.05) is 0 Å². The van der Waals surface area contributed by atoms with Crippen LogP contribution >= 0.6 is 0 Å². The third kappa shape index (κ3) is 2.54. The molecule has 6 fully saturated rings. The molecule has 6 aliphatic rings. The van der Waals surface area contributed by atoms with Crippen molar-refractivity contribution in [3.8, 4) is 0 Å². The molecule has 11 unspecified atom stereocenters. The number of ether oxygens (including phenoxy) is 2. The molecule has 43 heavy (non-hydrogen) atoms. The lowest BCUT2D eigenvalue weighted by Crippen LogP contribution is -2.78. The number of hydrogen-bond donors (Lipinski definition) is 7. The van der Waals surface area contributed by atoms with Crippen LogP contribution in [0.5, 0.6) is 0 Å². The maximum absolute atomic E-state index is 13.6. The number of aliphatic hydroxyl groups is 5. The average molecular weight is 597 g/mol. The number of rotatable bonds is 5. The Labute approximate surface area is 249 Å². The fraction of sp³-hybridized carbons (Fsp3) is 0.625. The van der Waals surface area contributed by atoms with Crippen molar-refractivity contribution < 1.29 is 44.6 Å². The molecule has 1 spiro atoms. The molecule has 1 aromatic carbocycles. The van der Waals surface area contributed by atoms with Gasteiger partial charge in [0.15, 0.2) is 17.5 Å². The molecule has 11 heteroatoms. The van der Waals surface area contributed by atoms with Crippen molar-refractivity contribution in [1.82, 2.24) is 10.3 Å². The fourth-order valence-electron chi connectivity index (χ4n) is 10.7. The highest BCUT2D eigenvalue weighted by Crippen LogP contribution is 2.90. The van der Waals surface area contributed by atoms with Gasteiger partial charge in [0.1, 0.15) is 28.1 Å². The number of benzene rings is 1. The number of esters is 1. The van der Waals surface area contributed by atoms with Gasteiger partial charge in [-0.25, -0.2) is 4.79 Å². The number of carbonyl (C=O) groups excluding carboxylic acids is 2. The molecule has 11 atom stereocenters. The molecule has 8 rings (SSSR count). The Bertz CT molecular complexity index is 1520. The summed E-state index contributed by atoms with van der Waals surface area (Å²) in [5.74, 6) is -4.88. The van der Waals surface area contributed by atoms with E-state index in [-0.39, 0.29) is 18.5 Å². The lowest BCUT2D eigenvalue weighted by atomic mass is 9.52. The van der Waals surface area contributed by atoms with E-state index in [9.17, 15) is 35.1 Å². The summed E-state index contributed by atoms with van der Waals surface area (Å²) in [5.41, 5.74) is -15.1. The zero-order valence-corrected chi connectivity index (χ0v) is 24.9. The molecule has 7 N–H and O–H groups in total. The summed E-state index contributed by atoms with van der Waals surface area (Å²) >= 11 is 0. The predicted molar refractivity (Wildman–Crippen MR) is 150 cm³/mol. The summed E-state index contributed by atoms with van der Waals surface area (Å²) in [6, 6.07) is 10.4. The van der Waals surface area contributed by atoms with Crippen LogP contribution in [0.15, 0.2) is 48.7 Å². The monoisotopic (exact) mass is 596 g/mol. The van der Waals surface area contributed by atoms with Crippen LogP contribution < -0.4 is 5.32 Å². The van der Waals surface area contributed by atoms with Crippen LogP contribution in [0.25, 0.3) is 0 Å². The SMILES string of the molecule is CC1CCC2(O)C3(C)CC4(O)OC2(C1NC(=O)c1ccccc1)C1(O)C3(O)C(OC(=O)c2ccc[nH]2)C(O)(C(C)C)C41C. The lowest BCUT2D eigenvalue weighted by molar-refractivity contribution is -0.381. The average Bonchev–Trinajstić information content (AvgIpc) is 3.59. The quantitative estimate of drug-likeness (QED) is 0.250. The molecule has 1 aromatic heterocycles. The number of hydrogen-bond acceptors (Lipinski definition) is 9. The van der Waals surface area contributed by atoms with E-state index in [1.807, 2.05) is 6.92 Å². The lowest BCUT2D eigenvalue weighted by Gasteiger charge is -2.61. The van der Waals surface area contributed by atoms with Gasteiger partial charge in [0.25, 0.3) is 5.91 Å². The highest BCUT2D eigenvalue weighted by atomic mass is 16.7.